The predicted octanol–water partition coefficient (Wildman–Crippen LogP) is 4.60. The molecular formula is C24H16ClN3O2S. The van der Waals surface area contributed by atoms with Gasteiger partial charge in [0.15, 0.2) is 5.82 Å². The first-order valence-corrected chi connectivity index (χ1v) is 10.8. The molecule has 5 rings (SSSR count). The Labute approximate surface area is 186 Å². The molecule has 0 saturated heterocycles. The third-order valence-corrected chi connectivity index (χ3v) is 5.94. The van der Waals surface area contributed by atoms with Crippen molar-refractivity contribution in [3.05, 3.63) is 110 Å². The average Bonchev–Trinajstić information content (AvgIpc) is 3.34. The quantitative estimate of drug-likeness (QED) is 0.397. The lowest BCUT2D eigenvalue weighted by molar-refractivity contribution is 0.305. The van der Waals surface area contributed by atoms with Gasteiger partial charge in [-0.25, -0.2) is 0 Å². The van der Waals surface area contributed by atoms with Crippen LogP contribution in [0.3, 0.4) is 0 Å². The first-order chi connectivity index (χ1) is 15.2. The van der Waals surface area contributed by atoms with Crippen molar-refractivity contribution in [2.45, 2.75) is 6.61 Å². The number of fused-ring (bicyclic) bond motifs is 1. The third kappa shape index (κ3) is 4.08. The van der Waals surface area contributed by atoms with Gasteiger partial charge in [-0.15, -0.1) is 5.10 Å². The van der Waals surface area contributed by atoms with E-state index in [1.54, 1.807) is 12.1 Å². The van der Waals surface area contributed by atoms with E-state index in [2.05, 4.69) is 10.1 Å². The summed E-state index contributed by atoms with van der Waals surface area (Å²) in [5.41, 5.74) is 2.52. The molecule has 0 aliphatic rings. The predicted molar refractivity (Wildman–Crippen MR) is 124 cm³/mol. The minimum absolute atomic E-state index is 0.203. The highest BCUT2D eigenvalue weighted by Crippen LogP contribution is 2.21. The van der Waals surface area contributed by atoms with Crippen molar-refractivity contribution in [1.29, 1.82) is 0 Å². The molecule has 0 unspecified atom stereocenters. The average molecular weight is 446 g/mol. The van der Waals surface area contributed by atoms with Gasteiger partial charge in [-0.1, -0.05) is 71.5 Å². The molecule has 0 bridgehead atoms. The Morgan fingerprint density at radius 2 is 1.71 bits per heavy atom. The van der Waals surface area contributed by atoms with Gasteiger partial charge in [0.25, 0.3) is 5.56 Å². The zero-order chi connectivity index (χ0) is 21.2. The molecule has 152 valence electrons. The first-order valence-electron chi connectivity index (χ1n) is 9.60. The molecular weight excluding hydrogens is 430 g/mol. The summed E-state index contributed by atoms with van der Waals surface area (Å²) in [6, 6.07) is 24.8. The summed E-state index contributed by atoms with van der Waals surface area (Å²) in [7, 11) is 0. The lowest BCUT2D eigenvalue weighted by atomic mass is 10.2. The minimum Gasteiger partial charge on any atom is -0.488 e. The van der Waals surface area contributed by atoms with Crippen molar-refractivity contribution in [1.82, 2.24) is 14.6 Å². The fraction of sp³-hybridized carbons (Fsp3) is 0.0417. The second-order valence-electron chi connectivity index (χ2n) is 6.86. The van der Waals surface area contributed by atoms with Crippen LogP contribution in [-0.2, 0) is 6.61 Å². The number of hydrogen-bond acceptors (Lipinski definition) is 5. The number of ether oxygens (including phenoxy) is 1. The fourth-order valence-corrected chi connectivity index (χ4v) is 4.19. The fourth-order valence-electron chi connectivity index (χ4n) is 3.16. The van der Waals surface area contributed by atoms with Crippen molar-refractivity contribution in [2.24, 2.45) is 0 Å². The molecule has 2 aromatic heterocycles. The van der Waals surface area contributed by atoms with E-state index in [9.17, 15) is 4.79 Å². The Morgan fingerprint density at radius 3 is 2.48 bits per heavy atom. The maximum absolute atomic E-state index is 12.9. The molecule has 0 amide bonds. The summed E-state index contributed by atoms with van der Waals surface area (Å²) in [5, 5.41) is 5.02. The lowest BCUT2D eigenvalue weighted by Gasteiger charge is -2.08. The monoisotopic (exact) mass is 445 g/mol. The zero-order valence-corrected chi connectivity index (χ0v) is 17.8. The van der Waals surface area contributed by atoms with Crippen molar-refractivity contribution < 1.29 is 4.74 Å². The van der Waals surface area contributed by atoms with Crippen molar-refractivity contribution >= 4 is 34.0 Å². The van der Waals surface area contributed by atoms with Gasteiger partial charge in [0.2, 0.25) is 4.96 Å². The molecule has 0 N–H and O–H groups in total. The van der Waals surface area contributed by atoms with Crippen LogP contribution >= 0.6 is 22.9 Å². The zero-order valence-electron chi connectivity index (χ0n) is 16.2. The van der Waals surface area contributed by atoms with Gasteiger partial charge in [-0.3, -0.25) is 4.79 Å². The van der Waals surface area contributed by atoms with Crippen molar-refractivity contribution in [3.8, 4) is 17.1 Å². The van der Waals surface area contributed by atoms with Crippen molar-refractivity contribution in [2.75, 3.05) is 0 Å². The highest BCUT2D eigenvalue weighted by molar-refractivity contribution is 7.15. The third-order valence-electron chi connectivity index (χ3n) is 4.73. The van der Waals surface area contributed by atoms with E-state index in [-0.39, 0.29) is 5.56 Å². The Balaban J connectivity index is 1.48. The van der Waals surface area contributed by atoms with E-state index in [0.717, 1.165) is 16.7 Å². The summed E-state index contributed by atoms with van der Waals surface area (Å²) in [4.78, 5) is 18.0. The molecule has 0 saturated carbocycles. The van der Waals surface area contributed by atoms with Crippen LogP contribution in [0.2, 0.25) is 5.02 Å². The lowest BCUT2D eigenvalue weighted by Crippen LogP contribution is -2.23. The van der Waals surface area contributed by atoms with Gasteiger partial charge in [-0.2, -0.15) is 9.50 Å². The largest absolute Gasteiger partial charge is 0.488 e. The Morgan fingerprint density at radius 1 is 0.968 bits per heavy atom. The van der Waals surface area contributed by atoms with Crippen molar-refractivity contribution in [3.63, 3.8) is 0 Å². The summed E-state index contributed by atoms with van der Waals surface area (Å²) in [5.74, 6) is 1.21. The Hall–Kier alpha value is -3.48. The summed E-state index contributed by atoms with van der Waals surface area (Å²) in [6.45, 7) is 0.454. The van der Waals surface area contributed by atoms with Crippen LogP contribution in [0.25, 0.3) is 22.4 Å². The number of aromatic nitrogens is 3. The van der Waals surface area contributed by atoms with Gasteiger partial charge in [0.1, 0.15) is 12.4 Å². The Bertz CT molecular complexity index is 1460. The molecule has 0 aliphatic heterocycles. The number of thiazole rings is 1. The van der Waals surface area contributed by atoms with Crippen LogP contribution in [0.1, 0.15) is 11.1 Å². The van der Waals surface area contributed by atoms with Crippen LogP contribution < -0.4 is 14.8 Å². The maximum Gasteiger partial charge on any atom is 0.291 e. The molecule has 2 heterocycles. The number of hydrogen-bond donors (Lipinski definition) is 0. The topological polar surface area (TPSA) is 56.5 Å². The maximum atomic E-state index is 12.9. The molecule has 0 radical (unpaired) electrons. The highest BCUT2D eigenvalue weighted by Gasteiger charge is 2.12. The second kappa shape index (κ2) is 8.34. The molecule has 5 aromatic rings. The van der Waals surface area contributed by atoms with Gasteiger partial charge < -0.3 is 4.74 Å². The highest BCUT2D eigenvalue weighted by atomic mass is 35.5. The van der Waals surface area contributed by atoms with Crippen LogP contribution in [0.4, 0.5) is 0 Å². The SMILES string of the molecule is O=c1/c(=C\c2ccccc2OCc2ccccc2)sc2nc(-c3ccc(Cl)cc3)nn12. The standard InChI is InChI=1S/C24H16ClN3O2S/c25-19-12-10-17(11-13-19)22-26-24-28(27-22)23(29)21(31-24)14-18-8-4-5-9-20(18)30-15-16-6-2-1-3-7-16/h1-14H,15H2/b21-14+. The summed E-state index contributed by atoms with van der Waals surface area (Å²) >= 11 is 7.24. The first kappa shape index (κ1) is 19.5. The molecule has 31 heavy (non-hydrogen) atoms. The van der Waals surface area contributed by atoms with Gasteiger partial charge in [-0.05, 0) is 42.0 Å². The van der Waals surface area contributed by atoms with Crippen LogP contribution in [0.5, 0.6) is 5.75 Å². The Kier molecular flexibility index (Phi) is 5.24. The number of para-hydroxylation sites is 1. The molecule has 0 fully saturated rings. The van der Waals surface area contributed by atoms with Gasteiger partial charge in [0, 0.05) is 16.1 Å². The molecule has 7 heteroatoms. The van der Waals surface area contributed by atoms with Gasteiger partial charge in [0.05, 0.1) is 4.53 Å². The number of nitrogens with zero attached hydrogens (tertiary/aromatic N) is 3. The van der Waals surface area contributed by atoms with Gasteiger partial charge >= 0.3 is 0 Å². The van der Waals surface area contributed by atoms with Crippen LogP contribution in [-0.4, -0.2) is 14.6 Å². The molecule has 0 spiro atoms. The van der Waals surface area contributed by atoms with E-state index in [0.29, 0.717) is 32.7 Å². The van der Waals surface area contributed by atoms with E-state index in [4.69, 9.17) is 16.3 Å². The van der Waals surface area contributed by atoms with E-state index in [1.165, 1.54) is 15.9 Å². The number of rotatable bonds is 5. The number of halogens is 1. The molecule has 3 aromatic carbocycles. The summed E-state index contributed by atoms with van der Waals surface area (Å²) < 4.78 is 7.89. The minimum atomic E-state index is -0.203. The van der Waals surface area contributed by atoms with Crippen LogP contribution in [0.15, 0.2) is 83.7 Å². The van der Waals surface area contributed by atoms with Crippen LogP contribution in [0, 0.1) is 0 Å². The van der Waals surface area contributed by atoms with E-state index in [1.807, 2.05) is 72.8 Å². The molecule has 0 atom stereocenters. The smallest absolute Gasteiger partial charge is 0.291 e. The van der Waals surface area contributed by atoms with E-state index < -0.39 is 0 Å². The normalized spacial score (nSPS) is 11.8. The second-order valence-corrected chi connectivity index (χ2v) is 8.31. The van der Waals surface area contributed by atoms with E-state index >= 15 is 0 Å². The molecule has 0 aliphatic carbocycles. The number of benzene rings is 3. The summed E-state index contributed by atoms with van der Waals surface area (Å²) in [6.07, 6.45) is 1.83. The molecule has 5 nitrogen and oxygen atoms in total.